The van der Waals surface area contributed by atoms with Gasteiger partial charge in [0.25, 0.3) is 0 Å². The standard InChI is InChI=1S/C19H27N3O.ClH/c1-13(20)11-17-14(2)22(18-10-6-5-9-16(17)18)12-19(23)21-15-7-3-4-8-15;/h5-6,9-10,13,15H,3-4,7-8,11-12,20H2,1-2H3,(H,21,23);1H. The molecule has 1 fully saturated rings. The maximum Gasteiger partial charge on any atom is 0.240 e. The summed E-state index contributed by atoms with van der Waals surface area (Å²) in [6, 6.07) is 8.79. The summed E-state index contributed by atoms with van der Waals surface area (Å²) in [7, 11) is 0. The SMILES string of the molecule is Cc1c(CC(C)N)c2ccccc2n1CC(=O)NC1CCCC1.Cl. The molecule has 1 amide bonds. The summed E-state index contributed by atoms with van der Waals surface area (Å²) in [4.78, 5) is 12.4. The van der Waals surface area contributed by atoms with E-state index in [4.69, 9.17) is 5.73 Å². The van der Waals surface area contributed by atoms with Crippen LogP contribution in [-0.4, -0.2) is 22.6 Å². The molecular formula is C19H28ClN3O. The molecule has 132 valence electrons. The van der Waals surface area contributed by atoms with E-state index in [1.807, 2.05) is 13.0 Å². The van der Waals surface area contributed by atoms with Gasteiger partial charge in [-0.3, -0.25) is 4.79 Å². The number of nitrogens with one attached hydrogen (secondary N) is 1. The number of benzene rings is 1. The van der Waals surface area contributed by atoms with Crippen molar-refractivity contribution >= 4 is 29.2 Å². The zero-order valence-corrected chi connectivity index (χ0v) is 15.4. The fraction of sp³-hybridized carbons (Fsp3) is 0.526. The molecule has 1 heterocycles. The Morgan fingerprint density at radius 1 is 1.33 bits per heavy atom. The van der Waals surface area contributed by atoms with E-state index in [1.54, 1.807) is 0 Å². The first-order valence-corrected chi connectivity index (χ1v) is 8.68. The smallest absolute Gasteiger partial charge is 0.240 e. The van der Waals surface area contributed by atoms with Gasteiger partial charge in [0.15, 0.2) is 0 Å². The van der Waals surface area contributed by atoms with Gasteiger partial charge in [-0.25, -0.2) is 0 Å². The van der Waals surface area contributed by atoms with E-state index in [0.717, 1.165) is 30.5 Å². The summed E-state index contributed by atoms with van der Waals surface area (Å²) in [5.74, 6) is 0.119. The second-order valence-corrected chi connectivity index (χ2v) is 6.90. The Hall–Kier alpha value is -1.52. The van der Waals surface area contributed by atoms with Crippen LogP contribution in [0.4, 0.5) is 0 Å². The van der Waals surface area contributed by atoms with Gasteiger partial charge in [0.05, 0.1) is 0 Å². The quantitative estimate of drug-likeness (QED) is 0.869. The van der Waals surface area contributed by atoms with Crippen LogP contribution in [0.5, 0.6) is 0 Å². The third kappa shape index (κ3) is 3.93. The van der Waals surface area contributed by atoms with Crippen LogP contribution >= 0.6 is 12.4 Å². The maximum atomic E-state index is 12.4. The number of carbonyl (C=O) groups excluding carboxylic acids is 1. The zero-order chi connectivity index (χ0) is 16.4. The minimum atomic E-state index is 0. The summed E-state index contributed by atoms with van der Waals surface area (Å²) in [6.45, 7) is 4.51. The molecule has 0 spiro atoms. The minimum Gasteiger partial charge on any atom is -0.352 e. The summed E-state index contributed by atoms with van der Waals surface area (Å²) in [5.41, 5.74) is 9.57. The van der Waals surface area contributed by atoms with Crippen molar-refractivity contribution in [1.82, 2.24) is 9.88 Å². The summed E-state index contributed by atoms with van der Waals surface area (Å²) in [6.07, 6.45) is 5.54. The van der Waals surface area contributed by atoms with Crippen LogP contribution in [0.15, 0.2) is 24.3 Å². The molecule has 0 bridgehead atoms. The predicted octanol–water partition coefficient (Wildman–Crippen LogP) is 3.32. The van der Waals surface area contributed by atoms with Gasteiger partial charge in [-0.2, -0.15) is 0 Å². The molecule has 5 heteroatoms. The summed E-state index contributed by atoms with van der Waals surface area (Å²) >= 11 is 0. The largest absolute Gasteiger partial charge is 0.352 e. The molecule has 0 radical (unpaired) electrons. The van der Waals surface area contributed by atoms with E-state index in [1.165, 1.54) is 23.8 Å². The van der Waals surface area contributed by atoms with Crippen molar-refractivity contribution in [2.45, 2.75) is 64.6 Å². The van der Waals surface area contributed by atoms with Crippen LogP contribution in [0.25, 0.3) is 10.9 Å². The van der Waals surface area contributed by atoms with Gasteiger partial charge in [-0.05, 0) is 44.7 Å². The Kier molecular flexibility index (Phi) is 6.30. The highest BCUT2D eigenvalue weighted by Gasteiger charge is 2.20. The number of amides is 1. The molecule has 1 unspecified atom stereocenters. The molecule has 0 saturated heterocycles. The van der Waals surface area contributed by atoms with Gasteiger partial charge in [0.1, 0.15) is 6.54 Å². The number of nitrogens with zero attached hydrogens (tertiary/aromatic N) is 1. The molecule has 1 atom stereocenters. The highest BCUT2D eigenvalue weighted by atomic mass is 35.5. The zero-order valence-electron chi connectivity index (χ0n) is 14.5. The number of hydrogen-bond acceptors (Lipinski definition) is 2. The van der Waals surface area contributed by atoms with Crippen molar-refractivity contribution in [2.24, 2.45) is 5.73 Å². The first kappa shape index (κ1) is 18.8. The molecule has 1 aliphatic rings. The highest BCUT2D eigenvalue weighted by molar-refractivity contribution is 5.87. The average Bonchev–Trinajstić information content (AvgIpc) is 3.10. The van der Waals surface area contributed by atoms with Crippen LogP contribution in [0.1, 0.15) is 43.9 Å². The van der Waals surface area contributed by atoms with Crippen molar-refractivity contribution in [3.05, 3.63) is 35.5 Å². The average molecular weight is 350 g/mol. The first-order valence-electron chi connectivity index (χ1n) is 8.68. The molecule has 1 aliphatic carbocycles. The van der Waals surface area contributed by atoms with Crippen LogP contribution in [0.3, 0.4) is 0 Å². The van der Waals surface area contributed by atoms with Gasteiger partial charge in [-0.15, -0.1) is 12.4 Å². The molecule has 4 nitrogen and oxygen atoms in total. The Bertz CT molecular complexity index is 702. The van der Waals surface area contributed by atoms with Crippen molar-refractivity contribution in [2.75, 3.05) is 0 Å². The van der Waals surface area contributed by atoms with Gasteiger partial charge >= 0.3 is 0 Å². The number of para-hydroxylation sites is 1. The fourth-order valence-electron chi connectivity index (χ4n) is 3.77. The fourth-order valence-corrected chi connectivity index (χ4v) is 3.77. The van der Waals surface area contributed by atoms with Gasteiger partial charge < -0.3 is 15.6 Å². The van der Waals surface area contributed by atoms with Crippen LogP contribution in [0.2, 0.25) is 0 Å². The molecule has 2 aromatic rings. The predicted molar refractivity (Wildman–Crippen MR) is 102 cm³/mol. The van der Waals surface area contributed by atoms with Crippen molar-refractivity contribution < 1.29 is 4.79 Å². The lowest BCUT2D eigenvalue weighted by Crippen LogP contribution is -2.35. The van der Waals surface area contributed by atoms with E-state index >= 15 is 0 Å². The van der Waals surface area contributed by atoms with E-state index in [0.29, 0.717) is 12.6 Å². The number of nitrogens with two attached hydrogens (primary N) is 1. The number of rotatable bonds is 5. The molecule has 24 heavy (non-hydrogen) atoms. The molecule has 1 saturated carbocycles. The van der Waals surface area contributed by atoms with E-state index in [9.17, 15) is 4.79 Å². The minimum absolute atomic E-state index is 0. The lowest BCUT2D eigenvalue weighted by molar-refractivity contribution is -0.122. The molecule has 3 rings (SSSR count). The number of aromatic nitrogens is 1. The summed E-state index contributed by atoms with van der Waals surface area (Å²) in [5, 5.41) is 4.40. The van der Waals surface area contributed by atoms with Crippen LogP contribution in [-0.2, 0) is 17.8 Å². The second kappa shape index (κ2) is 8.04. The Labute approximate surface area is 150 Å². The number of carbonyl (C=O) groups is 1. The van der Waals surface area contributed by atoms with Gasteiger partial charge in [0.2, 0.25) is 5.91 Å². The third-order valence-electron chi connectivity index (χ3n) is 4.91. The summed E-state index contributed by atoms with van der Waals surface area (Å²) < 4.78 is 2.14. The van der Waals surface area contributed by atoms with Crippen LogP contribution < -0.4 is 11.1 Å². The molecule has 3 N–H and O–H groups in total. The lowest BCUT2D eigenvalue weighted by Gasteiger charge is -2.14. The molecule has 1 aromatic carbocycles. The third-order valence-corrected chi connectivity index (χ3v) is 4.91. The highest BCUT2D eigenvalue weighted by Crippen LogP contribution is 2.27. The van der Waals surface area contributed by atoms with Crippen molar-refractivity contribution in [1.29, 1.82) is 0 Å². The van der Waals surface area contributed by atoms with Crippen molar-refractivity contribution in [3.63, 3.8) is 0 Å². The Balaban J connectivity index is 0.00000208. The Morgan fingerprint density at radius 3 is 2.67 bits per heavy atom. The maximum absolute atomic E-state index is 12.4. The van der Waals surface area contributed by atoms with Gasteiger partial charge in [-0.1, -0.05) is 31.0 Å². The number of hydrogen-bond donors (Lipinski definition) is 2. The molecular weight excluding hydrogens is 322 g/mol. The van der Waals surface area contributed by atoms with Crippen molar-refractivity contribution in [3.8, 4) is 0 Å². The topological polar surface area (TPSA) is 60.0 Å². The molecule has 1 aromatic heterocycles. The second-order valence-electron chi connectivity index (χ2n) is 6.90. The number of halogens is 1. The lowest BCUT2D eigenvalue weighted by atomic mass is 10.0. The Morgan fingerprint density at radius 2 is 2.00 bits per heavy atom. The van der Waals surface area contributed by atoms with E-state index in [2.05, 4.69) is 35.0 Å². The van der Waals surface area contributed by atoms with Crippen LogP contribution in [0, 0.1) is 6.92 Å². The normalized spacial score (nSPS) is 16.1. The van der Waals surface area contributed by atoms with Gasteiger partial charge in [0, 0.05) is 28.7 Å². The number of fused-ring (bicyclic) bond motifs is 1. The first-order chi connectivity index (χ1) is 11.1. The molecule has 0 aliphatic heterocycles. The van der Waals surface area contributed by atoms with E-state index in [-0.39, 0.29) is 24.4 Å². The van der Waals surface area contributed by atoms with E-state index < -0.39 is 0 Å². The monoisotopic (exact) mass is 349 g/mol.